The average Bonchev–Trinajstić information content (AvgIpc) is 3.37. The van der Waals surface area contributed by atoms with Gasteiger partial charge in [-0.2, -0.15) is 13.2 Å². The number of alkyl halides is 3. The number of nitrogens with one attached hydrogen (secondary N) is 1. The number of likely N-dealkylation sites (tertiary alicyclic amines) is 1. The van der Waals surface area contributed by atoms with Crippen LogP contribution in [0.4, 0.5) is 13.2 Å². The third-order valence-electron chi connectivity index (χ3n) is 6.71. The maximum Gasteiger partial charge on any atom is 0.406 e. The Morgan fingerprint density at radius 3 is 2.61 bits per heavy atom. The van der Waals surface area contributed by atoms with Crippen LogP contribution in [0.1, 0.15) is 12.5 Å². The molecule has 1 fully saturated rings. The maximum atomic E-state index is 13.3. The van der Waals surface area contributed by atoms with Gasteiger partial charge >= 0.3 is 6.18 Å². The highest BCUT2D eigenvalue weighted by molar-refractivity contribution is 6.08. The van der Waals surface area contributed by atoms with Crippen molar-refractivity contribution in [1.82, 2.24) is 24.8 Å². The maximum absolute atomic E-state index is 13.3. The van der Waals surface area contributed by atoms with E-state index in [0.717, 1.165) is 11.0 Å². The molecule has 4 unspecified atom stereocenters. The monoisotopic (exact) mass is 497 g/mol. The first-order valence-corrected chi connectivity index (χ1v) is 11.4. The van der Waals surface area contributed by atoms with Crippen LogP contribution < -0.4 is 5.32 Å². The molecular weight excluding hydrogens is 475 g/mol. The van der Waals surface area contributed by atoms with E-state index in [9.17, 15) is 27.6 Å². The Hall–Kier alpha value is -4.02. The van der Waals surface area contributed by atoms with Gasteiger partial charge in [-0.15, -0.1) is 0 Å². The minimum absolute atomic E-state index is 0.0627. The Balaban J connectivity index is 1.38. The molecular formula is C25H22F3N5O3. The van der Waals surface area contributed by atoms with E-state index >= 15 is 0 Å². The fraction of sp³-hybridized carbons (Fsp3) is 0.320. The van der Waals surface area contributed by atoms with Crippen molar-refractivity contribution >= 4 is 28.8 Å². The highest BCUT2D eigenvalue weighted by Crippen LogP contribution is 2.42. The van der Waals surface area contributed by atoms with Crippen molar-refractivity contribution in [1.29, 1.82) is 0 Å². The van der Waals surface area contributed by atoms with E-state index in [1.54, 1.807) is 42.2 Å². The molecule has 1 aliphatic heterocycles. The SMILES string of the molecule is CC1C=CC2C(=O)N(CC(F)(F)F)C(=O)C2C1C(=O)NCc1cccnc1-n1cnc2ccccc21. The molecule has 11 heteroatoms. The second-order valence-corrected chi connectivity index (χ2v) is 9.01. The highest BCUT2D eigenvalue weighted by atomic mass is 19.4. The van der Waals surface area contributed by atoms with Crippen LogP contribution in [0.2, 0.25) is 0 Å². The van der Waals surface area contributed by atoms with Crippen LogP contribution in [-0.2, 0) is 20.9 Å². The molecule has 0 bridgehead atoms. The molecule has 3 aromatic rings. The van der Waals surface area contributed by atoms with E-state index in [-0.39, 0.29) is 11.4 Å². The summed E-state index contributed by atoms with van der Waals surface area (Å²) in [6.07, 6.45) is 1.58. The minimum Gasteiger partial charge on any atom is -0.352 e. The number of amides is 3. The molecule has 3 heterocycles. The van der Waals surface area contributed by atoms with Crippen LogP contribution in [0.25, 0.3) is 16.9 Å². The largest absolute Gasteiger partial charge is 0.406 e. The number of carbonyl (C=O) groups is 3. The molecule has 2 aliphatic rings. The lowest BCUT2D eigenvalue weighted by atomic mass is 9.71. The van der Waals surface area contributed by atoms with Crippen molar-refractivity contribution < 1.29 is 27.6 Å². The molecule has 1 aliphatic carbocycles. The molecule has 36 heavy (non-hydrogen) atoms. The molecule has 2 aromatic heterocycles. The van der Waals surface area contributed by atoms with Crippen molar-refractivity contribution in [2.45, 2.75) is 19.6 Å². The number of pyridine rings is 1. The quantitative estimate of drug-likeness (QED) is 0.432. The topological polar surface area (TPSA) is 97.2 Å². The standard InChI is InChI=1S/C25H22F3N5O3/c1-14-8-9-16-20(24(36)32(23(16)35)12-25(26,27)28)19(14)22(34)30-11-15-5-4-10-29-21(15)33-13-31-17-6-2-3-7-18(17)33/h2-10,13-14,16,19-20H,11-12H2,1H3,(H,30,34). The van der Waals surface area contributed by atoms with E-state index in [1.807, 2.05) is 24.3 Å². The zero-order chi connectivity index (χ0) is 25.6. The number of allylic oxidation sites excluding steroid dienone is 1. The first-order chi connectivity index (χ1) is 17.2. The fourth-order valence-electron chi connectivity index (χ4n) is 5.05. The number of fused-ring (bicyclic) bond motifs is 2. The van der Waals surface area contributed by atoms with Crippen LogP contribution in [0.5, 0.6) is 0 Å². The number of para-hydroxylation sites is 2. The average molecular weight is 497 g/mol. The van der Waals surface area contributed by atoms with Crippen molar-refractivity contribution in [3.63, 3.8) is 0 Å². The van der Waals surface area contributed by atoms with E-state index in [0.29, 0.717) is 11.4 Å². The van der Waals surface area contributed by atoms with Gasteiger partial charge in [0.25, 0.3) is 0 Å². The summed E-state index contributed by atoms with van der Waals surface area (Å²) < 4.78 is 40.7. The van der Waals surface area contributed by atoms with E-state index in [4.69, 9.17) is 0 Å². The van der Waals surface area contributed by atoms with Crippen LogP contribution in [0.15, 0.2) is 61.1 Å². The summed E-state index contributed by atoms with van der Waals surface area (Å²) in [6, 6.07) is 11.0. The van der Waals surface area contributed by atoms with Gasteiger partial charge in [-0.05, 0) is 24.1 Å². The third kappa shape index (κ3) is 4.14. The molecule has 0 radical (unpaired) electrons. The number of imidazole rings is 1. The fourth-order valence-corrected chi connectivity index (χ4v) is 5.05. The lowest BCUT2D eigenvalue weighted by Crippen LogP contribution is -2.44. The number of hydrogen-bond donors (Lipinski definition) is 1. The molecule has 1 saturated heterocycles. The van der Waals surface area contributed by atoms with Gasteiger partial charge in [-0.1, -0.05) is 37.3 Å². The van der Waals surface area contributed by atoms with E-state index in [1.165, 1.54) is 6.08 Å². The van der Waals surface area contributed by atoms with Crippen LogP contribution in [0.3, 0.4) is 0 Å². The highest BCUT2D eigenvalue weighted by Gasteiger charge is 2.56. The molecule has 0 spiro atoms. The van der Waals surface area contributed by atoms with Crippen molar-refractivity contribution in [3.8, 4) is 5.82 Å². The molecule has 0 saturated carbocycles. The summed E-state index contributed by atoms with van der Waals surface area (Å²) in [6.45, 7) is 0.105. The Bertz CT molecular complexity index is 1380. The van der Waals surface area contributed by atoms with Gasteiger partial charge < -0.3 is 5.32 Å². The summed E-state index contributed by atoms with van der Waals surface area (Å²) in [4.78, 5) is 47.8. The number of rotatable bonds is 5. The molecule has 1 N–H and O–H groups in total. The first kappa shape index (κ1) is 23.7. The van der Waals surface area contributed by atoms with Crippen molar-refractivity contribution in [3.05, 3.63) is 66.6 Å². The van der Waals surface area contributed by atoms with Gasteiger partial charge in [0.1, 0.15) is 18.7 Å². The normalized spacial score (nSPS) is 23.8. The predicted octanol–water partition coefficient (Wildman–Crippen LogP) is 3.02. The molecule has 3 amide bonds. The first-order valence-electron chi connectivity index (χ1n) is 11.4. The number of nitrogens with zero attached hydrogens (tertiary/aromatic N) is 4. The van der Waals surface area contributed by atoms with Crippen LogP contribution in [0, 0.1) is 23.7 Å². The van der Waals surface area contributed by atoms with Crippen LogP contribution in [-0.4, -0.2) is 49.9 Å². The smallest absolute Gasteiger partial charge is 0.352 e. The Labute approximate surface area is 203 Å². The summed E-state index contributed by atoms with van der Waals surface area (Å²) in [5, 5.41) is 2.81. The Morgan fingerprint density at radius 2 is 1.83 bits per heavy atom. The summed E-state index contributed by atoms with van der Waals surface area (Å²) in [5.41, 5.74) is 2.29. The van der Waals surface area contributed by atoms with Gasteiger partial charge in [-0.3, -0.25) is 23.9 Å². The number of carbonyl (C=O) groups excluding carboxylic acids is 3. The van der Waals surface area contributed by atoms with E-state index in [2.05, 4.69) is 15.3 Å². The third-order valence-corrected chi connectivity index (χ3v) is 6.71. The van der Waals surface area contributed by atoms with Gasteiger partial charge in [0.2, 0.25) is 17.7 Å². The summed E-state index contributed by atoms with van der Waals surface area (Å²) in [7, 11) is 0. The zero-order valence-corrected chi connectivity index (χ0v) is 19.1. The van der Waals surface area contributed by atoms with Crippen molar-refractivity contribution in [2.75, 3.05) is 6.54 Å². The van der Waals surface area contributed by atoms with Gasteiger partial charge in [0.15, 0.2) is 0 Å². The Kier molecular flexibility index (Phi) is 5.85. The number of halogens is 3. The van der Waals surface area contributed by atoms with E-state index < -0.39 is 54.1 Å². The van der Waals surface area contributed by atoms with Gasteiger partial charge in [-0.25, -0.2) is 9.97 Å². The van der Waals surface area contributed by atoms with Crippen LogP contribution >= 0.6 is 0 Å². The molecule has 8 nitrogen and oxygen atoms in total. The second-order valence-electron chi connectivity index (χ2n) is 9.01. The lowest BCUT2D eigenvalue weighted by Gasteiger charge is -2.31. The summed E-state index contributed by atoms with van der Waals surface area (Å²) in [5.74, 6) is -5.53. The number of benzene rings is 1. The number of hydrogen-bond acceptors (Lipinski definition) is 5. The molecule has 186 valence electrons. The Morgan fingerprint density at radius 1 is 1.06 bits per heavy atom. The van der Waals surface area contributed by atoms with Gasteiger partial charge in [0.05, 0.1) is 28.8 Å². The zero-order valence-electron chi connectivity index (χ0n) is 19.1. The minimum atomic E-state index is -4.72. The number of imide groups is 1. The predicted molar refractivity (Wildman–Crippen MR) is 122 cm³/mol. The summed E-state index contributed by atoms with van der Waals surface area (Å²) >= 11 is 0. The number of aromatic nitrogens is 3. The van der Waals surface area contributed by atoms with Gasteiger partial charge in [0, 0.05) is 18.3 Å². The second kappa shape index (κ2) is 8.89. The van der Waals surface area contributed by atoms with Crippen molar-refractivity contribution in [2.24, 2.45) is 23.7 Å². The molecule has 1 aromatic carbocycles. The molecule has 4 atom stereocenters. The molecule has 5 rings (SSSR count). The lowest BCUT2D eigenvalue weighted by molar-refractivity contribution is -0.166.